The van der Waals surface area contributed by atoms with Gasteiger partial charge in [-0.05, 0) is 66.0 Å². The first-order valence-electron chi connectivity index (χ1n) is 10.6. The topological polar surface area (TPSA) is 57.6 Å². The van der Waals surface area contributed by atoms with Crippen molar-refractivity contribution in [1.82, 2.24) is 19.7 Å². The van der Waals surface area contributed by atoms with Crippen molar-refractivity contribution >= 4 is 44.2 Å². The maximum atomic E-state index is 13.1. The summed E-state index contributed by atoms with van der Waals surface area (Å²) < 4.78 is 3.14. The molecule has 2 aliphatic rings. The quantitative estimate of drug-likeness (QED) is 0.726. The number of benzene rings is 1. The SMILES string of the molecule is CCN(CC)C(=O)[C@@H]1C=C2c3cccc4c3c(c(Br)n4CNC(C)=O)C[C@H]2N(C)C1. The molecule has 30 heavy (non-hydrogen) atoms. The Morgan fingerprint density at radius 1 is 1.27 bits per heavy atom. The standard InChI is InChI=1S/C23H29BrN4O2/c1-5-27(6-2)23(30)15-10-17-16-8-7-9-19-21(16)18(11-20(17)26(4)12-15)22(24)28(19)13-25-14(3)29/h7-10,15,20H,5-6,11-13H2,1-4H3,(H,25,29)/t15-,20-/m1/s1. The highest BCUT2D eigenvalue weighted by atomic mass is 79.9. The van der Waals surface area contributed by atoms with Crippen LogP contribution in [0.4, 0.5) is 0 Å². The second kappa shape index (κ2) is 8.19. The highest BCUT2D eigenvalue weighted by molar-refractivity contribution is 9.10. The van der Waals surface area contributed by atoms with Gasteiger partial charge in [0.1, 0.15) is 0 Å². The van der Waals surface area contributed by atoms with Gasteiger partial charge in [-0.2, -0.15) is 0 Å². The van der Waals surface area contributed by atoms with E-state index >= 15 is 0 Å². The van der Waals surface area contributed by atoms with E-state index in [9.17, 15) is 9.59 Å². The molecule has 1 aromatic heterocycles. The van der Waals surface area contributed by atoms with E-state index in [0.717, 1.165) is 36.2 Å². The number of carbonyl (C=O) groups excluding carboxylic acids is 2. The summed E-state index contributed by atoms with van der Waals surface area (Å²) in [7, 11) is 2.12. The van der Waals surface area contributed by atoms with Crippen LogP contribution in [-0.4, -0.2) is 58.9 Å². The van der Waals surface area contributed by atoms with Gasteiger partial charge in [0.25, 0.3) is 0 Å². The smallest absolute Gasteiger partial charge is 0.230 e. The van der Waals surface area contributed by atoms with Crippen LogP contribution in [0.2, 0.25) is 0 Å². The molecule has 1 aromatic carbocycles. The summed E-state index contributed by atoms with van der Waals surface area (Å²) in [5, 5.41) is 4.13. The number of likely N-dealkylation sites (N-methyl/N-ethyl adjacent to an activating group) is 1. The van der Waals surface area contributed by atoms with Crippen LogP contribution in [0.15, 0.2) is 28.9 Å². The highest BCUT2D eigenvalue weighted by Gasteiger charge is 2.37. The van der Waals surface area contributed by atoms with Crippen molar-refractivity contribution in [1.29, 1.82) is 0 Å². The van der Waals surface area contributed by atoms with Crippen molar-refractivity contribution in [3.05, 3.63) is 40.0 Å². The molecule has 2 amide bonds. The molecule has 0 radical (unpaired) electrons. The fourth-order valence-electron chi connectivity index (χ4n) is 4.93. The molecule has 1 aliphatic carbocycles. The first kappa shape index (κ1) is 21.1. The number of hydrogen-bond donors (Lipinski definition) is 1. The Hall–Kier alpha value is -2.12. The third-order valence-corrected chi connectivity index (χ3v) is 7.37. The van der Waals surface area contributed by atoms with Crippen molar-refractivity contribution in [2.75, 3.05) is 26.7 Å². The van der Waals surface area contributed by atoms with Crippen LogP contribution in [0.3, 0.4) is 0 Å². The fraction of sp³-hybridized carbons (Fsp3) is 0.478. The van der Waals surface area contributed by atoms with Crippen LogP contribution in [-0.2, 0) is 22.7 Å². The van der Waals surface area contributed by atoms with Crippen LogP contribution >= 0.6 is 15.9 Å². The molecule has 0 fully saturated rings. The maximum Gasteiger partial charge on any atom is 0.230 e. The number of rotatable bonds is 5. The predicted molar refractivity (Wildman–Crippen MR) is 123 cm³/mol. The maximum absolute atomic E-state index is 13.1. The Labute approximate surface area is 186 Å². The second-order valence-electron chi connectivity index (χ2n) is 8.19. The molecule has 0 saturated carbocycles. The summed E-state index contributed by atoms with van der Waals surface area (Å²) in [6.07, 6.45) is 3.10. The van der Waals surface area contributed by atoms with Crippen LogP contribution in [0, 0.1) is 5.92 Å². The van der Waals surface area contributed by atoms with Crippen LogP contribution in [0.1, 0.15) is 31.9 Å². The number of halogens is 1. The lowest BCUT2D eigenvalue weighted by Gasteiger charge is -2.40. The van der Waals surface area contributed by atoms with Gasteiger partial charge in [-0.3, -0.25) is 14.5 Å². The molecule has 7 heteroatoms. The number of aromatic nitrogens is 1. The van der Waals surface area contributed by atoms with E-state index in [4.69, 9.17) is 0 Å². The van der Waals surface area contributed by atoms with Crippen molar-refractivity contribution in [2.24, 2.45) is 5.92 Å². The Morgan fingerprint density at radius 3 is 2.67 bits per heavy atom. The summed E-state index contributed by atoms with van der Waals surface area (Å²) in [5.74, 6) is 0.0354. The summed E-state index contributed by atoms with van der Waals surface area (Å²) in [4.78, 5) is 28.8. The van der Waals surface area contributed by atoms with Gasteiger partial charge in [0, 0.05) is 38.0 Å². The van der Waals surface area contributed by atoms with Crippen molar-refractivity contribution in [3.63, 3.8) is 0 Å². The minimum absolute atomic E-state index is 0.0507. The van der Waals surface area contributed by atoms with Gasteiger partial charge >= 0.3 is 0 Å². The molecular weight excluding hydrogens is 444 g/mol. The summed E-state index contributed by atoms with van der Waals surface area (Å²) in [5.41, 5.74) is 4.82. The molecular formula is C23H29BrN4O2. The molecule has 6 nitrogen and oxygen atoms in total. The number of fused-ring (bicyclic) bond motifs is 2. The number of nitrogens with zero attached hydrogens (tertiary/aromatic N) is 3. The van der Waals surface area contributed by atoms with Crippen molar-refractivity contribution in [2.45, 2.75) is 39.9 Å². The minimum atomic E-state index is -0.122. The zero-order chi connectivity index (χ0) is 21.6. The first-order chi connectivity index (χ1) is 14.4. The molecule has 2 aromatic rings. The van der Waals surface area contributed by atoms with Crippen LogP contribution in [0.5, 0.6) is 0 Å². The summed E-state index contributed by atoms with van der Waals surface area (Å²) in [6.45, 7) is 8.24. The van der Waals surface area contributed by atoms with Gasteiger partial charge in [0.2, 0.25) is 11.8 Å². The molecule has 2 heterocycles. The van der Waals surface area contributed by atoms with E-state index in [0.29, 0.717) is 6.67 Å². The molecule has 0 unspecified atom stereocenters. The third-order valence-electron chi connectivity index (χ3n) is 6.46. The Bertz CT molecular complexity index is 1040. The zero-order valence-corrected chi connectivity index (χ0v) is 19.6. The van der Waals surface area contributed by atoms with Crippen molar-refractivity contribution < 1.29 is 9.59 Å². The van der Waals surface area contributed by atoms with E-state index in [1.54, 1.807) is 0 Å². The number of amides is 2. The van der Waals surface area contributed by atoms with Crippen LogP contribution < -0.4 is 5.32 Å². The normalized spacial score (nSPS) is 20.6. The lowest BCUT2D eigenvalue weighted by molar-refractivity contribution is -0.134. The molecule has 0 bridgehead atoms. The summed E-state index contributed by atoms with van der Waals surface area (Å²) >= 11 is 3.80. The molecule has 2 atom stereocenters. The largest absolute Gasteiger partial charge is 0.343 e. The van der Waals surface area contributed by atoms with Gasteiger partial charge in [-0.1, -0.05) is 18.2 Å². The molecule has 1 aliphatic heterocycles. The lowest BCUT2D eigenvalue weighted by atomic mass is 9.79. The fourth-order valence-corrected chi connectivity index (χ4v) is 5.61. The van der Waals surface area contributed by atoms with E-state index < -0.39 is 0 Å². The average molecular weight is 473 g/mol. The predicted octanol–water partition coefficient (Wildman–Crippen LogP) is 3.24. The van der Waals surface area contributed by atoms with Gasteiger partial charge in [-0.15, -0.1) is 0 Å². The van der Waals surface area contributed by atoms with E-state index in [-0.39, 0.29) is 23.8 Å². The second-order valence-corrected chi connectivity index (χ2v) is 8.94. The first-order valence-corrected chi connectivity index (χ1v) is 11.4. The number of hydrogen-bond acceptors (Lipinski definition) is 3. The van der Waals surface area contributed by atoms with Crippen molar-refractivity contribution in [3.8, 4) is 0 Å². The van der Waals surface area contributed by atoms with Gasteiger partial charge in [0.05, 0.1) is 22.7 Å². The Kier molecular flexibility index (Phi) is 5.77. The lowest BCUT2D eigenvalue weighted by Crippen LogP contribution is -2.47. The third kappa shape index (κ3) is 3.38. The van der Waals surface area contributed by atoms with Gasteiger partial charge < -0.3 is 14.8 Å². The highest BCUT2D eigenvalue weighted by Crippen LogP contribution is 2.44. The van der Waals surface area contributed by atoms with Gasteiger partial charge in [0.15, 0.2) is 0 Å². The number of nitrogens with one attached hydrogen (secondary N) is 1. The molecule has 4 rings (SSSR count). The molecule has 0 spiro atoms. The average Bonchev–Trinajstić information content (AvgIpc) is 3.00. The van der Waals surface area contributed by atoms with E-state index in [1.165, 1.54) is 29.0 Å². The van der Waals surface area contributed by atoms with E-state index in [2.05, 4.69) is 62.0 Å². The van der Waals surface area contributed by atoms with E-state index in [1.807, 2.05) is 18.7 Å². The molecule has 1 N–H and O–H groups in total. The monoisotopic (exact) mass is 472 g/mol. The number of carbonyl (C=O) groups is 2. The van der Waals surface area contributed by atoms with Crippen LogP contribution in [0.25, 0.3) is 16.5 Å². The Morgan fingerprint density at radius 2 is 2.00 bits per heavy atom. The Balaban J connectivity index is 1.82. The summed E-state index contributed by atoms with van der Waals surface area (Å²) in [6, 6.07) is 6.58. The van der Waals surface area contributed by atoms with Gasteiger partial charge in [-0.25, -0.2) is 0 Å². The molecule has 160 valence electrons. The molecule has 0 saturated heterocycles. The zero-order valence-electron chi connectivity index (χ0n) is 18.0. The minimum Gasteiger partial charge on any atom is -0.343 e.